The number of benzene rings is 1. The summed E-state index contributed by atoms with van der Waals surface area (Å²) in [7, 11) is -8.45. The van der Waals surface area contributed by atoms with Crippen LogP contribution >= 0.6 is 7.60 Å². The van der Waals surface area contributed by atoms with E-state index in [1.165, 1.54) is 12.1 Å². The first-order chi connectivity index (χ1) is 6.71. The van der Waals surface area contributed by atoms with E-state index >= 15 is 0 Å². The molecule has 8 heteroatoms. The van der Waals surface area contributed by atoms with Crippen LogP contribution in [0.15, 0.2) is 29.2 Å². The molecule has 0 aliphatic rings. The number of hydrogen-bond donors (Lipinski definition) is 2. The summed E-state index contributed by atoms with van der Waals surface area (Å²) in [6.45, 7) is 0.757. The maximum absolute atomic E-state index is 11.3. The highest BCUT2D eigenvalue weighted by molar-refractivity contribution is 7.91. The van der Waals surface area contributed by atoms with Gasteiger partial charge in [0.1, 0.15) is 5.75 Å². The molecule has 0 amide bonds. The van der Waals surface area contributed by atoms with Crippen molar-refractivity contribution in [1.29, 1.82) is 0 Å². The van der Waals surface area contributed by atoms with E-state index in [2.05, 4.69) is 3.97 Å². The topological polar surface area (TPSA) is 101 Å². The minimum atomic E-state index is -4.31. The lowest BCUT2D eigenvalue weighted by Crippen LogP contribution is -2.04. The van der Waals surface area contributed by atoms with Crippen molar-refractivity contribution in [3.8, 4) is 5.75 Å². The van der Waals surface area contributed by atoms with Gasteiger partial charge in [-0.05, 0) is 12.1 Å². The summed E-state index contributed by atoms with van der Waals surface area (Å²) in [6.07, 6.45) is 0. The number of phenols is 1. The molecule has 0 bridgehead atoms. The Hall–Kier alpha value is -0.880. The molecule has 84 valence electrons. The van der Waals surface area contributed by atoms with Crippen molar-refractivity contribution in [2.45, 2.75) is 4.90 Å². The van der Waals surface area contributed by atoms with Gasteiger partial charge in [0, 0.05) is 12.7 Å². The molecule has 0 heterocycles. The summed E-state index contributed by atoms with van der Waals surface area (Å²) in [5.74, 6) is -0.274. The number of phenolic OH excluding ortho intramolecular Hbond substituents is 1. The van der Waals surface area contributed by atoms with Crippen molar-refractivity contribution >= 4 is 17.7 Å². The van der Waals surface area contributed by atoms with Crippen molar-refractivity contribution < 1.29 is 27.0 Å². The molecule has 1 aromatic rings. The predicted molar refractivity (Wildman–Crippen MR) is 52.1 cm³/mol. The summed E-state index contributed by atoms with van der Waals surface area (Å²) in [6, 6.07) is 4.61. The van der Waals surface area contributed by atoms with Gasteiger partial charge < -0.3 is 10.00 Å². The van der Waals surface area contributed by atoms with Crippen LogP contribution in [0.2, 0.25) is 0 Å². The van der Waals surface area contributed by atoms with E-state index < -0.39 is 17.7 Å². The zero-order valence-corrected chi connectivity index (χ0v) is 9.40. The fraction of sp³-hybridized carbons (Fsp3) is 0.143. The van der Waals surface area contributed by atoms with Gasteiger partial charge in [0.05, 0.1) is 4.90 Å². The fourth-order valence-electron chi connectivity index (χ4n) is 0.864. The maximum Gasteiger partial charge on any atom is 0.339 e. The van der Waals surface area contributed by atoms with Crippen molar-refractivity contribution in [2.24, 2.45) is 0 Å². The lowest BCUT2D eigenvalue weighted by molar-refractivity contribution is 0.383. The zero-order valence-electron chi connectivity index (χ0n) is 7.69. The second-order valence-electron chi connectivity index (χ2n) is 2.83. The first-order valence-corrected chi connectivity index (χ1v) is 7.19. The molecular formula is C7H9O6PS. The third-order valence-electron chi connectivity index (χ3n) is 1.34. The molecule has 15 heavy (non-hydrogen) atoms. The van der Waals surface area contributed by atoms with Crippen LogP contribution in [0.25, 0.3) is 0 Å². The summed E-state index contributed by atoms with van der Waals surface area (Å²) in [4.78, 5) is 8.40. The van der Waals surface area contributed by atoms with Gasteiger partial charge in [-0.25, -0.2) is 0 Å². The van der Waals surface area contributed by atoms with Gasteiger partial charge in [-0.1, -0.05) is 6.07 Å². The summed E-state index contributed by atoms with van der Waals surface area (Å²) < 4.78 is 37.5. The van der Waals surface area contributed by atoms with Crippen molar-refractivity contribution in [1.82, 2.24) is 0 Å². The molecule has 0 aliphatic heterocycles. The summed E-state index contributed by atoms with van der Waals surface area (Å²) in [5, 5.41) is 9.02. The smallest absolute Gasteiger partial charge is 0.339 e. The van der Waals surface area contributed by atoms with Crippen molar-refractivity contribution in [3.05, 3.63) is 24.3 Å². The quantitative estimate of drug-likeness (QED) is 0.775. The molecule has 0 saturated carbocycles. The third kappa shape index (κ3) is 3.64. The molecule has 1 rings (SSSR count). The second-order valence-corrected chi connectivity index (χ2v) is 6.41. The molecule has 0 aromatic heterocycles. The van der Waals surface area contributed by atoms with Gasteiger partial charge in [-0.3, -0.25) is 4.57 Å². The van der Waals surface area contributed by atoms with E-state index in [9.17, 15) is 13.0 Å². The summed E-state index contributed by atoms with van der Waals surface area (Å²) in [5.41, 5.74) is 0. The minimum Gasteiger partial charge on any atom is -0.508 e. The highest BCUT2D eigenvalue weighted by Gasteiger charge is 2.24. The van der Waals surface area contributed by atoms with E-state index in [1.807, 2.05) is 0 Å². The molecule has 0 saturated heterocycles. The number of rotatable bonds is 3. The van der Waals surface area contributed by atoms with E-state index in [1.54, 1.807) is 0 Å². The van der Waals surface area contributed by atoms with E-state index in [4.69, 9.17) is 10.00 Å². The highest BCUT2D eigenvalue weighted by Crippen LogP contribution is 2.40. The third-order valence-corrected chi connectivity index (χ3v) is 4.07. The molecule has 1 unspecified atom stereocenters. The normalized spacial score (nSPS) is 15.9. The van der Waals surface area contributed by atoms with Crippen molar-refractivity contribution in [3.63, 3.8) is 0 Å². The SMILES string of the molecule is CP(=O)(O)OS(=O)(=O)c1cccc(O)c1. The van der Waals surface area contributed by atoms with Crippen LogP contribution in [0.3, 0.4) is 0 Å². The van der Waals surface area contributed by atoms with Crippen LogP contribution in [0.5, 0.6) is 5.75 Å². The van der Waals surface area contributed by atoms with Crippen LogP contribution in [0.4, 0.5) is 0 Å². The van der Waals surface area contributed by atoms with Gasteiger partial charge in [0.15, 0.2) is 0 Å². The maximum atomic E-state index is 11.3. The Morgan fingerprint density at radius 2 is 2.00 bits per heavy atom. The second kappa shape index (κ2) is 3.94. The van der Waals surface area contributed by atoms with Crippen LogP contribution in [0.1, 0.15) is 0 Å². The molecule has 1 atom stereocenters. The summed E-state index contributed by atoms with van der Waals surface area (Å²) >= 11 is 0. The number of hydrogen-bond acceptors (Lipinski definition) is 5. The average Bonchev–Trinajstić information content (AvgIpc) is 1.99. The monoisotopic (exact) mass is 252 g/mol. The van der Waals surface area contributed by atoms with Crippen LogP contribution in [0, 0.1) is 0 Å². The van der Waals surface area contributed by atoms with E-state index in [-0.39, 0.29) is 10.6 Å². The van der Waals surface area contributed by atoms with Crippen LogP contribution in [-0.2, 0) is 18.7 Å². The lowest BCUT2D eigenvalue weighted by atomic mass is 10.3. The highest BCUT2D eigenvalue weighted by atomic mass is 32.2. The van der Waals surface area contributed by atoms with Gasteiger partial charge >= 0.3 is 17.7 Å². The van der Waals surface area contributed by atoms with Gasteiger partial charge in [0.25, 0.3) is 0 Å². The Kier molecular flexibility index (Phi) is 3.20. The largest absolute Gasteiger partial charge is 0.508 e. The lowest BCUT2D eigenvalue weighted by Gasteiger charge is -2.07. The van der Waals surface area contributed by atoms with Gasteiger partial charge in [-0.15, -0.1) is 0 Å². The Morgan fingerprint density at radius 1 is 1.40 bits per heavy atom. The first-order valence-electron chi connectivity index (χ1n) is 3.76. The molecule has 0 aliphatic carbocycles. The zero-order chi connectivity index (χ0) is 11.7. The van der Waals surface area contributed by atoms with Gasteiger partial charge in [-0.2, -0.15) is 12.4 Å². The molecular weight excluding hydrogens is 243 g/mol. The molecule has 0 spiro atoms. The van der Waals surface area contributed by atoms with Gasteiger partial charge in [0.2, 0.25) is 0 Å². The fourth-order valence-corrected chi connectivity index (χ4v) is 3.18. The van der Waals surface area contributed by atoms with Crippen molar-refractivity contribution in [2.75, 3.05) is 6.66 Å². The number of aromatic hydroxyl groups is 1. The molecule has 2 N–H and O–H groups in total. The first kappa shape index (κ1) is 12.2. The molecule has 6 nitrogen and oxygen atoms in total. The standard InChI is InChI=1S/C7H9O6PS/c1-14(9,10)13-15(11,12)7-4-2-3-6(8)5-7/h2-5,8H,1H3,(H,9,10). The van der Waals surface area contributed by atoms with Crippen LogP contribution in [-0.4, -0.2) is 25.1 Å². The Labute approximate surface area is 86.8 Å². The molecule has 0 fully saturated rings. The predicted octanol–water partition coefficient (Wildman–Crippen LogP) is 0.913. The van der Waals surface area contributed by atoms with E-state index in [0.717, 1.165) is 18.8 Å². The molecule has 0 radical (unpaired) electrons. The Morgan fingerprint density at radius 3 is 2.47 bits per heavy atom. The Bertz CT molecular complexity index is 502. The average molecular weight is 252 g/mol. The van der Waals surface area contributed by atoms with Crippen LogP contribution < -0.4 is 0 Å². The molecule has 1 aromatic carbocycles. The van der Waals surface area contributed by atoms with E-state index in [0.29, 0.717) is 0 Å². The Balaban J connectivity index is 3.13. The minimum absolute atomic E-state index is 0.274.